The number of halogens is 1. The van der Waals surface area contributed by atoms with E-state index in [1.165, 1.54) is 11.6 Å². The van der Waals surface area contributed by atoms with Gasteiger partial charge in [0.1, 0.15) is 11.6 Å². The molecule has 6 nitrogen and oxygen atoms in total. The van der Waals surface area contributed by atoms with E-state index in [0.29, 0.717) is 36.7 Å². The van der Waals surface area contributed by atoms with Gasteiger partial charge in [0.05, 0.1) is 12.7 Å². The Bertz CT molecular complexity index is 1270. The largest absolute Gasteiger partial charge is 0.496 e. The van der Waals surface area contributed by atoms with E-state index in [9.17, 15) is 14.0 Å². The molecule has 1 atom stereocenters. The Morgan fingerprint density at radius 2 is 1.73 bits per heavy atom. The smallest absolute Gasteiger partial charge is 0.257 e. The summed E-state index contributed by atoms with van der Waals surface area (Å²) in [7, 11) is 1.58. The quantitative estimate of drug-likeness (QED) is 0.511. The number of para-hydroxylation sites is 1. The van der Waals surface area contributed by atoms with Crippen molar-refractivity contribution < 1.29 is 18.7 Å². The lowest BCUT2D eigenvalue weighted by molar-refractivity contribution is -0.122. The van der Waals surface area contributed by atoms with E-state index in [-0.39, 0.29) is 23.7 Å². The van der Waals surface area contributed by atoms with Crippen LogP contribution >= 0.6 is 0 Å². The van der Waals surface area contributed by atoms with E-state index in [2.05, 4.69) is 22.3 Å². The summed E-state index contributed by atoms with van der Waals surface area (Å²) in [6.45, 7) is 3.90. The van der Waals surface area contributed by atoms with Gasteiger partial charge in [-0.25, -0.2) is 4.39 Å². The average molecular weight is 504 g/mol. The molecule has 5 rings (SSSR count). The Hall–Kier alpha value is -3.45. The third-order valence-corrected chi connectivity index (χ3v) is 7.62. The molecule has 37 heavy (non-hydrogen) atoms. The summed E-state index contributed by atoms with van der Waals surface area (Å²) in [5, 5.41) is 5.18. The van der Waals surface area contributed by atoms with Gasteiger partial charge in [-0.15, -0.1) is 0 Å². The van der Waals surface area contributed by atoms with E-state index in [4.69, 9.17) is 4.74 Å². The maximum Gasteiger partial charge on any atom is 0.257 e. The fourth-order valence-corrected chi connectivity index (χ4v) is 5.60. The van der Waals surface area contributed by atoms with Crippen LogP contribution in [0, 0.1) is 11.7 Å². The van der Waals surface area contributed by atoms with Crippen LogP contribution in [0.25, 0.3) is 10.8 Å². The van der Waals surface area contributed by atoms with Crippen LogP contribution in [0.4, 0.5) is 4.39 Å². The zero-order valence-electron chi connectivity index (χ0n) is 21.3. The Morgan fingerprint density at radius 3 is 2.54 bits per heavy atom. The van der Waals surface area contributed by atoms with Gasteiger partial charge in [-0.1, -0.05) is 30.3 Å². The first kappa shape index (κ1) is 25.2. The molecule has 0 saturated carbocycles. The monoisotopic (exact) mass is 503 g/mol. The van der Waals surface area contributed by atoms with Crippen molar-refractivity contribution in [2.45, 2.75) is 38.3 Å². The Kier molecular flexibility index (Phi) is 7.70. The van der Waals surface area contributed by atoms with Crippen LogP contribution in [-0.4, -0.2) is 60.9 Å². The summed E-state index contributed by atoms with van der Waals surface area (Å²) in [6.07, 6.45) is 3.11. The number of ether oxygens (including phenoxy) is 1. The van der Waals surface area contributed by atoms with Crippen molar-refractivity contribution >= 4 is 22.6 Å². The van der Waals surface area contributed by atoms with Gasteiger partial charge in [0, 0.05) is 45.2 Å². The van der Waals surface area contributed by atoms with Crippen LogP contribution < -0.4 is 10.1 Å². The minimum absolute atomic E-state index is 0.00928. The van der Waals surface area contributed by atoms with Gasteiger partial charge in [0.15, 0.2) is 0 Å². The van der Waals surface area contributed by atoms with Crippen LogP contribution in [-0.2, 0) is 11.3 Å². The summed E-state index contributed by atoms with van der Waals surface area (Å²) < 4.78 is 18.8. The number of rotatable bonds is 7. The van der Waals surface area contributed by atoms with E-state index >= 15 is 0 Å². The van der Waals surface area contributed by atoms with Crippen molar-refractivity contribution in [3.8, 4) is 5.75 Å². The molecule has 2 aliphatic heterocycles. The molecule has 3 aromatic carbocycles. The van der Waals surface area contributed by atoms with Gasteiger partial charge < -0.3 is 15.0 Å². The van der Waals surface area contributed by atoms with Crippen molar-refractivity contribution in [2.24, 2.45) is 5.92 Å². The number of amides is 2. The van der Waals surface area contributed by atoms with Gasteiger partial charge in [0.2, 0.25) is 5.91 Å². The zero-order valence-corrected chi connectivity index (χ0v) is 21.3. The number of benzene rings is 3. The molecule has 2 saturated heterocycles. The normalized spacial score (nSPS) is 18.8. The SMILES string of the molecule is COc1ccccc1C(=O)N1CCC(CC(=O)NC2CCN(Cc3ccc4cc(F)ccc4c3)C2)CC1. The molecule has 7 heteroatoms. The number of carbonyl (C=O) groups excluding carboxylic acids is 2. The van der Waals surface area contributed by atoms with Gasteiger partial charge in [-0.05, 0) is 71.8 Å². The second kappa shape index (κ2) is 11.3. The van der Waals surface area contributed by atoms with Crippen LogP contribution in [0.3, 0.4) is 0 Å². The first-order chi connectivity index (χ1) is 18.0. The van der Waals surface area contributed by atoms with Crippen LogP contribution in [0.2, 0.25) is 0 Å². The number of hydrogen-bond acceptors (Lipinski definition) is 4. The van der Waals surface area contributed by atoms with Crippen molar-refractivity contribution in [3.63, 3.8) is 0 Å². The molecule has 2 aliphatic rings. The van der Waals surface area contributed by atoms with E-state index in [0.717, 1.165) is 49.7 Å². The predicted molar refractivity (Wildman–Crippen MR) is 142 cm³/mol. The average Bonchev–Trinajstić information content (AvgIpc) is 3.35. The predicted octanol–water partition coefficient (Wildman–Crippen LogP) is 4.62. The Morgan fingerprint density at radius 1 is 0.973 bits per heavy atom. The number of nitrogens with zero attached hydrogens (tertiary/aromatic N) is 2. The molecule has 0 spiro atoms. The fourth-order valence-electron chi connectivity index (χ4n) is 5.60. The van der Waals surface area contributed by atoms with Crippen molar-refractivity contribution in [2.75, 3.05) is 33.3 Å². The molecular formula is C30H34FN3O3. The number of likely N-dealkylation sites (tertiary alicyclic amines) is 2. The molecule has 2 amide bonds. The summed E-state index contributed by atoms with van der Waals surface area (Å²) >= 11 is 0. The summed E-state index contributed by atoms with van der Waals surface area (Å²) in [6, 6.07) is 18.5. The molecule has 0 bridgehead atoms. The van der Waals surface area contributed by atoms with Crippen molar-refractivity contribution in [1.29, 1.82) is 0 Å². The number of methoxy groups -OCH3 is 1. The van der Waals surface area contributed by atoms with Gasteiger partial charge in [-0.3, -0.25) is 14.5 Å². The fraction of sp³-hybridized carbons (Fsp3) is 0.400. The van der Waals surface area contributed by atoms with Gasteiger partial charge in [-0.2, -0.15) is 0 Å². The van der Waals surface area contributed by atoms with Gasteiger partial charge >= 0.3 is 0 Å². The third-order valence-electron chi connectivity index (χ3n) is 7.62. The number of fused-ring (bicyclic) bond motifs is 1. The number of piperidine rings is 1. The first-order valence-electron chi connectivity index (χ1n) is 13.1. The lowest BCUT2D eigenvalue weighted by Gasteiger charge is -2.32. The first-order valence-corrected chi connectivity index (χ1v) is 13.1. The van der Waals surface area contributed by atoms with Crippen LogP contribution in [0.5, 0.6) is 5.75 Å². The highest BCUT2D eigenvalue weighted by atomic mass is 19.1. The molecule has 194 valence electrons. The summed E-state index contributed by atoms with van der Waals surface area (Å²) in [5.41, 5.74) is 1.78. The maximum atomic E-state index is 13.4. The molecule has 0 aromatic heterocycles. The van der Waals surface area contributed by atoms with E-state index < -0.39 is 0 Å². The van der Waals surface area contributed by atoms with Crippen LogP contribution in [0.1, 0.15) is 41.6 Å². The molecule has 0 radical (unpaired) electrons. The highest BCUT2D eigenvalue weighted by Gasteiger charge is 2.28. The molecule has 1 N–H and O–H groups in total. The molecule has 2 heterocycles. The molecule has 2 fully saturated rings. The Labute approximate surface area is 217 Å². The van der Waals surface area contributed by atoms with E-state index in [1.807, 2.05) is 29.2 Å². The lowest BCUT2D eigenvalue weighted by atomic mass is 9.92. The number of hydrogen-bond donors (Lipinski definition) is 1. The minimum Gasteiger partial charge on any atom is -0.496 e. The second-order valence-corrected chi connectivity index (χ2v) is 10.3. The maximum absolute atomic E-state index is 13.4. The highest BCUT2D eigenvalue weighted by molar-refractivity contribution is 5.97. The van der Waals surface area contributed by atoms with Gasteiger partial charge in [0.25, 0.3) is 5.91 Å². The highest BCUT2D eigenvalue weighted by Crippen LogP contribution is 2.25. The zero-order chi connectivity index (χ0) is 25.8. The molecule has 3 aromatic rings. The molecule has 0 aliphatic carbocycles. The molecular weight excluding hydrogens is 469 g/mol. The molecule has 1 unspecified atom stereocenters. The summed E-state index contributed by atoms with van der Waals surface area (Å²) in [4.78, 5) is 29.9. The third kappa shape index (κ3) is 6.10. The lowest BCUT2D eigenvalue weighted by Crippen LogP contribution is -2.41. The topological polar surface area (TPSA) is 61.9 Å². The number of carbonyl (C=O) groups is 2. The second-order valence-electron chi connectivity index (χ2n) is 10.3. The van der Waals surface area contributed by atoms with Crippen molar-refractivity contribution in [3.05, 3.63) is 77.6 Å². The van der Waals surface area contributed by atoms with Crippen LogP contribution in [0.15, 0.2) is 60.7 Å². The van der Waals surface area contributed by atoms with E-state index in [1.54, 1.807) is 25.3 Å². The van der Waals surface area contributed by atoms with Crippen molar-refractivity contribution in [1.82, 2.24) is 15.1 Å². The standard InChI is InChI=1S/C30H34FN3O3/c1-37-28-5-3-2-4-27(28)30(36)34-14-10-21(11-15-34)17-29(35)32-26-12-13-33(20-26)19-22-6-7-24-18-25(31)9-8-23(24)16-22/h2-9,16,18,21,26H,10-15,17,19-20H2,1H3,(H,32,35). The Balaban J connectivity index is 1.06. The minimum atomic E-state index is -0.217. The number of nitrogens with one attached hydrogen (secondary N) is 1. The summed E-state index contributed by atoms with van der Waals surface area (Å²) in [5.74, 6) is 0.765.